The average Bonchev–Trinajstić information content (AvgIpc) is 2.61. The summed E-state index contributed by atoms with van der Waals surface area (Å²) >= 11 is 0. The van der Waals surface area contributed by atoms with Gasteiger partial charge in [-0.1, -0.05) is 37.3 Å². The molecule has 0 aliphatic rings. The minimum atomic E-state index is -0.829. The fraction of sp³-hybridized carbons (Fsp3) is 0.316. The maximum atomic E-state index is 13.6. The minimum absolute atomic E-state index is 0.0909. The summed E-state index contributed by atoms with van der Waals surface area (Å²) in [5, 5.41) is 12.9. The van der Waals surface area contributed by atoms with Crippen LogP contribution in [0.15, 0.2) is 48.5 Å². The monoisotopic (exact) mass is 331 g/mol. The molecule has 2 atom stereocenters. The van der Waals surface area contributed by atoms with Crippen molar-refractivity contribution in [2.24, 2.45) is 5.92 Å². The zero-order valence-corrected chi connectivity index (χ0v) is 13.8. The molecule has 2 rings (SSSR count). The van der Waals surface area contributed by atoms with Crippen molar-refractivity contribution in [3.8, 4) is 5.75 Å². The summed E-state index contributed by atoms with van der Waals surface area (Å²) in [5.74, 6) is -0.279. The van der Waals surface area contributed by atoms with E-state index in [0.717, 1.165) is 0 Å². The first kappa shape index (κ1) is 17.9. The van der Waals surface area contributed by atoms with E-state index in [1.54, 1.807) is 56.5 Å². The molecule has 4 nitrogen and oxygen atoms in total. The number of nitrogens with one attached hydrogen (secondary N) is 1. The molecule has 128 valence electrons. The molecule has 0 fully saturated rings. The van der Waals surface area contributed by atoms with Crippen molar-refractivity contribution < 1.29 is 19.0 Å². The Morgan fingerprint density at radius 1 is 1.25 bits per heavy atom. The Kier molecular flexibility index (Phi) is 6.32. The predicted octanol–water partition coefficient (Wildman–Crippen LogP) is 2.86. The number of ether oxygens (including phenoxy) is 1. The van der Waals surface area contributed by atoms with Gasteiger partial charge in [0.25, 0.3) is 0 Å². The molecule has 2 unspecified atom stereocenters. The SMILES string of the molecule is COc1cccc(C(O)CNC(=O)C(C)Cc2ccccc2F)c1. The highest BCUT2D eigenvalue weighted by molar-refractivity contribution is 5.78. The van der Waals surface area contributed by atoms with E-state index in [1.165, 1.54) is 6.07 Å². The molecular formula is C19H22FNO3. The molecule has 2 aromatic carbocycles. The van der Waals surface area contributed by atoms with Crippen LogP contribution in [-0.4, -0.2) is 24.7 Å². The van der Waals surface area contributed by atoms with E-state index in [1.807, 2.05) is 0 Å². The van der Waals surface area contributed by atoms with E-state index in [2.05, 4.69) is 5.32 Å². The fourth-order valence-corrected chi connectivity index (χ4v) is 2.42. The van der Waals surface area contributed by atoms with Crippen LogP contribution in [0.2, 0.25) is 0 Å². The van der Waals surface area contributed by atoms with Crippen LogP contribution >= 0.6 is 0 Å². The van der Waals surface area contributed by atoms with Crippen molar-refractivity contribution in [2.45, 2.75) is 19.4 Å². The average molecular weight is 331 g/mol. The number of rotatable bonds is 7. The number of aliphatic hydroxyl groups is 1. The second-order valence-corrected chi connectivity index (χ2v) is 5.73. The first-order valence-corrected chi connectivity index (χ1v) is 7.84. The van der Waals surface area contributed by atoms with E-state index in [9.17, 15) is 14.3 Å². The summed E-state index contributed by atoms with van der Waals surface area (Å²) in [6.45, 7) is 1.83. The molecule has 0 radical (unpaired) electrons. The van der Waals surface area contributed by atoms with Gasteiger partial charge in [0, 0.05) is 12.5 Å². The van der Waals surface area contributed by atoms with E-state index in [-0.39, 0.29) is 24.2 Å². The Morgan fingerprint density at radius 3 is 2.71 bits per heavy atom. The molecule has 2 N–H and O–H groups in total. The van der Waals surface area contributed by atoms with Crippen LogP contribution in [-0.2, 0) is 11.2 Å². The number of halogens is 1. The van der Waals surface area contributed by atoms with Crippen LogP contribution in [0.3, 0.4) is 0 Å². The molecule has 1 amide bonds. The van der Waals surface area contributed by atoms with E-state index >= 15 is 0 Å². The summed E-state index contributed by atoms with van der Waals surface area (Å²) in [6, 6.07) is 13.5. The van der Waals surface area contributed by atoms with Gasteiger partial charge in [0.2, 0.25) is 5.91 Å². The third-order valence-electron chi connectivity index (χ3n) is 3.88. The van der Waals surface area contributed by atoms with E-state index in [0.29, 0.717) is 23.3 Å². The number of hydrogen-bond donors (Lipinski definition) is 2. The zero-order valence-electron chi connectivity index (χ0n) is 13.8. The molecule has 5 heteroatoms. The standard InChI is InChI=1S/C19H22FNO3/c1-13(10-14-6-3-4-9-17(14)20)19(23)21-12-18(22)15-7-5-8-16(11-15)24-2/h3-9,11,13,18,22H,10,12H2,1-2H3,(H,21,23). The molecule has 0 heterocycles. The lowest BCUT2D eigenvalue weighted by molar-refractivity contribution is -0.124. The summed E-state index contributed by atoms with van der Waals surface area (Å²) in [7, 11) is 1.55. The predicted molar refractivity (Wildman–Crippen MR) is 90.2 cm³/mol. The van der Waals surface area contributed by atoms with Crippen LogP contribution in [0.4, 0.5) is 4.39 Å². The smallest absolute Gasteiger partial charge is 0.223 e. The third-order valence-corrected chi connectivity index (χ3v) is 3.88. The van der Waals surface area contributed by atoms with Crippen LogP contribution in [0.1, 0.15) is 24.2 Å². The summed E-state index contributed by atoms with van der Waals surface area (Å²) in [4.78, 5) is 12.1. The number of carbonyl (C=O) groups excluding carboxylic acids is 1. The first-order chi connectivity index (χ1) is 11.5. The summed E-state index contributed by atoms with van der Waals surface area (Å²) in [6.07, 6.45) is -0.516. The summed E-state index contributed by atoms with van der Waals surface area (Å²) in [5.41, 5.74) is 1.17. The second-order valence-electron chi connectivity index (χ2n) is 5.73. The highest BCUT2D eigenvalue weighted by atomic mass is 19.1. The van der Waals surface area contributed by atoms with Gasteiger partial charge in [-0.3, -0.25) is 4.79 Å². The summed E-state index contributed by atoms with van der Waals surface area (Å²) < 4.78 is 18.7. The van der Waals surface area contributed by atoms with Crippen molar-refractivity contribution in [1.82, 2.24) is 5.32 Å². The number of hydrogen-bond acceptors (Lipinski definition) is 3. The number of aliphatic hydroxyl groups excluding tert-OH is 1. The molecule has 0 aromatic heterocycles. The van der Waals surface area contributed by atoms with Crippen LogP contribution in [0, 0.1) is 11.7 Å². The first-order valence-electron chi connectivity index (χ1n) is 7.84. The zero-order chi connectivity index (χ0) is 17.5. The van der Waals surface area contributed by atoms with Gasteiger partial charge >= 0.3 is 0 Å². The van der Waals surface area contributed by atoms with Crippen LogP contribution < -0.4 is 10.1 Å². The van der Waals surface area contributed by atoms with Gasteiger partial charge in [0.05, 0.1) is 13.2 Å². The van der Waals surface area contributed by atoms with Crippen molar-refractivity contribution in [3.05, 3.63) is 65.5 Å². The molecule has 0 saturated heterocycles. The van der Waals surface area contributed by atoms with Gasteiger partial charge in [-0.2, -0.15) is 0 Å². The quantitative estimate of drug-likeness (QED) is 0.820. The minimum Gasteiger partial charge on any atom is -0.497 e. The Hall–Kier alpha value is -2.40. The molecule has 0 bridgehead atoms. The lowest BCUT2D eigenvalue weighted by atomic mass is 9.99. The van der Waals surface area contributed by atoms with E-state index < -0.39 is 6.10 Å². The maximum absolute atomic E-state index is 13.6. The Labute approximate surface area is 141 Å². The van der Waals surface area contributed by atoms with Crippen molar-refractivity contribution in [3.63, 3.8) is 0 Å². The molecule has 0 aliphatic heterocycles. The van der Waals surface area contributed by atoms with Gasteiger partial charge < -0.3 is 15.2 Å². The highest BCUT2D eigenvalue weighted by Crippen LogP contribution is 2.19. The van der Waals surface area contributed by atoms with Crippen LogP contribution in [0.25, 0.3) is 0 Å². The molecule has 0 aliphatic carbocycles. The Bertz CT molecular complexity index is 690. The number of methoxy groups -OCH3 is 1. The fourth-order valence-electron chi connectivity index (χ4n) is 2.42. The largest absolute Gasteiger partial charge is 0.497 e. The maximum Gasteiger partial charge on any atom is 0.223 e. The Balaban J connectivity index is 1.88. The Morgan fingerprint density at radius 2 is 2.00 bits per heavy atom. The molecular weight excluding hydrogens is 309 g/mol. The van der Waals surface area contributed by atoms with Gasteiger partial charge in [0.15, 0.2) is 0 Å². The number of benzene rings is 2. The lowest BCUT2D eigenvalue weighted by Gasteiger charge is -2.16. The molecule has 24 heavy (non-hydrogen) atoms. The van der Waals surface area contributed by atoms with Gasteiger partial charge in [0.1, 0.15) is 11.6 Å². The van der Waals surface area contributed by atoms with Crippen molar-refractivity contribution >= 4 is 5.91 Å². The van der Waals surface area contributed by atoms with Crippen molar-refractivity contribution in [1.29, 1.82) is 0 Å². The highest BCUT2D eigenvalue weighted by Gasteiger charge is 2.17. The second kappa shape index (κ2) is 8.45. The van der Waals surface area contributed by atoms with Crippen LogP contribution in [0.5, 0.6) is 5.75 Å². The third kappa shape index (κ3) is 4.80. The van der Waals surface area contributed by atoms with Gasteiger partial charge in [-0.05, 0) is 35.7 Å². The van der Waals surface area contributed by atoms with Gasteiger partial charge in [-0.15, -0.1) is 0 Å². The lowest BCUT2D eigenvalue weighted by Crippen LogP contribution is -2.33. The topological polar surface area (TPSA) is 58.6 Å². The molecule has 0 spiro atoms. The molecule has 2 aromatic rings. The number of carbonyl (C=O) groups is 1. The van der Waals surface area contributed by atoms with Crippen molar-refractivity contribution in [2.75, 3.05) is 13.7 Å². The van der Waals surface area contributed by atoms with Gasteiger partial charge in [-0.25, -0.2) is 4.39 Å². The normalized spacial score (nSPS) is 13.2. The molecule has 0 saturated carbocycles. The number of amides is 1. The van der Waals surface area contributed by atoms with E-state index in [4.69, 9.17) is 4.74 Å².